The van der Waals surface area contributed by atoms with E-state index in [-0.39, 0.29) is 0 Å². The summed E-state index contributed by atoms with van der Waals surface area (Å²) in [6.07, 6.45) is 2.52. The third-order valence-corrected chi connectivity index (χ3v) is 2.69. The van der Waals surface area contributed by atoms with Crippen molar-refractivity contribution < 1.29 is 0 Å². The second kappa shape index (κ2) is 5.64. The predicted octanol–water partition coefficient (Wildman–Crippen LogP) is 3.62. The van der Waals surface area contributed by atoms with Crippen molar-refractivity contribution >= 4 is 17.4 Å². The highest BCUT2D eigenvalue weighted by Crippen LogP contribution is 2.31. The summed E-state index contributed by atoms with van der Waals surface area (Å²) in [6.45, 7) is 2.98. The molecule has 1 N–H and O–H groups in total. The van der Waals surface area contributed by atoms with Gasteiger partial charge in [0.2, 0.25) is 0 Å². The van der Waals surface area contributed by atoms with Crippen LogP contribution in [0.25, 0.3) is 11.1 Å². The van der Waals surface area contributed by atoms with Crippen LogP contribution in [0.2, 0.25) is 5.15 Å². The third kappa shape index (κ3) is 2.74. The zero-order valence-corrected chi connectivity index (χ0v) is 10.4. The van der Waals surface area contributed by atoms with E-state index in [1.807, 2.05) is 30.3 Å². The molecular formula is C13H14ClN3. The van der Waals surface area contributed by atoms with Gasteiger partial charge < -0.3 is 5.32 Å². The first-order valence-electron chi connectivity index (χ1n) is 5.62. The molecule has 0 saturated heterocycles. The number of hydrogen-bond acceptors (Lipinski definition) is 3. The second-order valence-corrected chi connectivity index (χ2v) is 4.04. The summed E-state index contributed by atoms with van der Waals surface area (Å²) < 4.78 is 0. The number of hydrogen-bond donors (Lipinski definition) is 1. The molecule has 0 bridgehead atoms. The topological polar surface area (TPSA) is 37.8 Å². The molecule has 4 heteroatoms. The summed E-state index contributed by atoms with van der Waals surface area (Å²) in [5.41, 5.74) is 1.89. The number of aromatic nitrogens is 2. The monoisotopic (exact) mass is 247 g/mol. The number of nitrogens with zero attached hydrogens (tertiary/aromatic N) is 2. The molecule has 1 heterocycles. The van der Waals surface area contributed by atoms with Crippen LogP contribution in [0.4, 0.5) is 5.82 Å². The van der Waals surface area contributed by atoms with Gasteiger partial charge >= 0.3 is 0 Å². The Kier molecular flexibility index (Phi) is 3.94. The maximum absolute atomic E-state index is 6.15. The number of nitrogens with one attached hydrogen (secondary N) is 1. The molecule has 2 rings (SSSR count). The smallest absolute Gasteiger partial charge is 0.142 e. The lowest BCUT2D eigenvalue weighted by atomic mass is 10.1. The van der Waals surface area contributed by atoms with Crippen LogP contribution in [-0.2, 0) is 0 Å². The van der Waals surface area contributed by atoms with Crippen LogP contribution in [0.1, 0.15) is 13.3 Å². The second-order valence-electron chi connectivity index (χ2n) is 3.68. The molecule has 0 aliphatic rings. The summed E-state index contributed by atoms with van der Waals surface area (Å²) in [7, 11) is 0. The molecule has 17 heavy (non-hydrogen) atoms. The van der Waals surface area contributed by atoms with Crippen LogP contribution in [0.15, 0.2) is 36.7 Å². The van der Waals surface area contributed by atoms with Crippen molar-refractivity contribution in [1.82, 2.24) is 9.97 Å². The molecule has 0 amide bonds. The Hall–Kier alpha value is -1.61. The van der Waals surface area contributed by atoms with Gasteiger partial charge in [0.25, 0.3) is 0 Å². The van der Waals surface area contributed by atoms with Gasteiger partial charge in [-0.1, -0.05) is 48.9 Å². The molecule has 3 nitrogen and oxygen atoms in total. The van der Waals surface area contributed by atoms with Crippen LogP contribution in [0, 0.1) is 0 Å². The van der Waals surface area contributed by atoms with Crippen molar-refractivity contribution in [1.29, 1.82) is 0 Å². The van der Waals surface area contributed by atoms with Gasteiger partial charge in [-0.3, -0.25) is 0 Å². The van der Waals surface area contributed by atoms with Crippen molar-refractivity contribution in [2.45, 2.75) is 13.3 Å². The lowest BCUT2D eigenvalue weighted by molar-refractivity contribution is 0.965. The van der Waals surface area contributed by atoms with Crippen LogP contribution < -0.4 is 5.32 Å². The van der Waals surface area contributed by atoms with Crippen LogP contribution >= 0.6 is 11.6 Å². The van der Waals surface area contributed by atoms with E-state index in [9.17, 15) is 0 Å². The summed E-state index contributed by atoms with van der Waals surface area (Å²) in [5, 5.41) is 3.74. The summed E-state index contributed by atoms with van der Waals surface area (Å²) >= 11 is 6.15. The quantitative estimate of drug-likeness (QED) is 0.839. The van der Waals surface area contributed by atoms with E-state index in [0.29, 0.717) is 5.15 Å². The Morgan fingerprint density at radius 2 is 1.94 bits per heavy atom. The van der Waals surface area contributed by atoms with Gasteiger partial charge in [-0.15, -0.1) is 0 Å². The lowest BCUT2D eigenvalue weighted by Gasteiger charge is -2.11. The summed E-state index contributed by atoms with van der Waals surface area (Å²) in [4.78, 5) is 8.29. The largest absolute Gasteiger partial charge is 0.369 e. The first kappa shape index (κ1) is 11.9. The minimum absolute atomic E-state index is 0.477. The number of halogens is 1. The molecule has 0 spiro atoms. The maximum atomic E-state index is 6.15. The molecule has 0 unspecified atom stereocenters. The molecular weight excluding hydrogens is 234 g/mol. The minimum Gasteiger partial charge on any atom is -0.369 e. The highest BCUT2D eigenvalue weighted by Gasteiger charge is 2.11. The zero-order chi connectivity index (χ0) is 12.1. The molecule has 0 aliphatic carbocycles. The van der Waals surface area contributed by atoms with Gasteiger partial charge in [0, 0.05) is 6.54 Å². The first-order chi connectivity index (χ1) is 8.33. The molecule has 0 saturated carbocycles. The van der Waals surface area contributed by atoms with Gasteiger partial charge in [-0.2, -0.15) is 0 Å². The fourth-order valence-electron chi connectivity index (χ4n) is 1.60. The lowest BCUT2D eigenvalue weighted by Crippen LogP contribution is -2.04. The number of rotatable bonds is 4. The van der Waals surface area contributed by atoms with Gasteiger partial charge in [-0.05, 0) is 12.0 Å². The predicted molar refractivity (Wildman–Crippen MR) is 71.3 cm³/mol. The maximum Gasteiger partial charge on any atom is 0.142 e. The van der Waals surface area contributed by atoms with Crippen LogP contribution in [0.3, 0.4) is 0 Å². The fourth-order valence-corrected chi connectivity index (χ4v) is 1.84. The third-order valence-electron chi connectivity index (χ3n) is 2.41. The Balaban J connectivity index is 2.44. The van der Waals surface area contributed by atoms with E-state index >= 15 is 0 Å². The standard InChI is InChI=1S/C13H14ClN3/c1-2-8-15-13-11(12(14)16-9-17-13)10-6-4-3-5-7-10/h3-7,9H,2,8H2,1H3,(H,15,16,17). The molecule has 2 aromatic rings. The highest BCUT2D eigenvalue weighted by atomic mass is 35.5. The fraction of sp³-hybridized carbons (Fsp3) is 0.231. The minimum atomic E-state index is 0.477. The average molecular weight is 248 g/mol. The SMILES string of the molecule is CCCNc1ncnc(Cl)c1-c1ccccc1. The molecule has 0 fully saturated rings. The number of anilines is 1. The van der Waals surface area contributed by atoms with Gasteiger partial charge in [0.15, 0.2) is 0 Å². The van der Waals surface area contributed by atoms with Crippen molar-refractivity contribution in [3.63, 3.8) is 0 Å². The Labute approximate surface area is 106 Å². The van der Waals surface area contributed by atoms with E-state index < -0.39 is 0 Å². The molecule has 88 valence electrons. The Bertz CT molecular complexity index is 485. The summed E-state index contributed by atoms with van der Waals surface area (Å²) in [5.74, 6) is 0.790. The molecule has 0 atom stereocenters. The Morgan fingerprint density at radius 3 is 2.65 bits per heavy atom. The van der Waals surface area contributed by atoms with Crippen LogP contribution in [0.5, 0.6) is 0 Å². The van der Waals surface area contributed by atoms with E-state index in [0.717, 1.165) is 29.9 Å². The Morgan fingerprint density at radius 1 is 1.18 bits per heavy atom. The first-order valence-corrected chi connectivity index (χ1v) is 6.00. The van der Waals surface area contributed by atoms with E-state index in [1.165, 1.54) is 6.33 Å². The van der Waals surface area contributed by atoms with Gasteiger partial charge in [0.1, 0.15) is 17.3 Å². The molecule has 0 aliphatic heterocycles. The van der Waals surface area contributed by atoms with Gasteiger partial charge in [-0.25, -0.2) is 9.97 Å². The van der Waals surface area contributed by atoms with Gasteiger partial charge in [0.05, 0.1) is 5.56 Å². The summed E-state index contributed by atoms with van der Waals surface area (Å²) in [6, 6.07) is 9.92. The normalized spacial score (nSPS) is 10.2. The average Bonchev–Trinajstić information content (AvgIpc) is 2.37. The van der Waals surface area contributed by atoms with E-state index in [2.05, 4.69) is 22.2 Å². The van der Waals surface area contributed by atoms with Crippen molar-refractivity contribution in [2.75, 3.05) is 11.9 Å². The van der Waals surface area contributed by atoms with Crippen LogP contribution in [-0.4, -0.2) is 16.5 Å². The van der Waals surface area contributed by atoms with E-state index in [1.54, 1.807) is 0 Å². The molecule has 1 aromatic heterocycles. The zero-order valence-electron chi connectivity index (χ0n) is 9.65. The molecule has 0 radical (unpaired) electrons. The highest BCUT2D eigenvalue weighted by molar-refractivity contribution is 6.32. The van der Waals surface area contributed by atoms with Crippen molar-refractivity contribution in [3.8, 4) is 11.1 Å². The van der Waals surface area contributed by atoms with Crippen molar-refractivity contribution in [2.24, 2.45) is 0 Å². The van der Waals surface area contributed by atoms with E-state index in [4.69, 9.17) is 11.6 Å². The van der Waals surface area contributed by atoms with Crippen molar-refractivity contribution in [3.05, 3.63) is 41.8 Å². The molecule has 1 aromatic carbocycles. The number of benzene rings is 1.